The van der Waals surface area contributed by atoms with Crippen LogP contribution in [0.3, 0.4) is 0 Å². The molecule has 1 aliphatic carbocycles. The van der Waals surface area contributed by atoms with Gasteiger partial charge in [0.05, 0.1) is 22.3 Å². The Morgan fingerprint density at radius 2 is 1.96 bits per heavy atom. The van der Waals surface area contributed by atoms with Crippen LogP contribution in [0.1, 0.15) is 50.5 Å². The number of hydrogen-bond donors (Lipinski definition) is 3. The van der Waals surface area contributed by atoms with E-state index in [4.69, 9.17) is 4.74 Å². The molecule has 3 aromatic rings. The third-order valence-electron chi connectivity index (χ3n) is 8.69. The maximum Gasteiger partial charge on any atom is 0.416 e. The molecule has 3 N–H and O–H groups in total. The molecule has 45 heavy (non-hydrogen) atoms. The Hall–Kier alpha value is -4.13. The van der Waals surface area contributed by atoms with Gasteiger partial charge in [-0.25, -0.2) is 9.78 Å². The van der Waals surface area contributed by atoms with Crippen molar-refractivity contribution in [3.63, 3.8) is 0 Å². The summed E-state index contributed by atoms with van der Waals surface area (Å²) >= 11 is 1.34. The number of fused-ring (bicyclic) bond motifs is 3. The van der Waals surface area contributed by atoms with Gasteiger partial charge in [-0.05, 0) is 56.0 Å². The van der Waals surface area contributed by atoms with E-state index in [-0.39, 0.29) is 31.0 Å². The summed E-state index contributed by atoms with van der Waals surface area (Å²) in [6.07, 6.45) is 2.15. The summed E-state index contributed by atoms with van der Waals surface area (Å²) in [6, 6.07) is 10.2. The van der Waals surface area contributed by atoms with Crippen molar-refractivity contribution in [1.82, 2.24) is 15.2 Å². The first-order valence-corrected chi connectivity index (χ1v) is 15.8. The summed E-state index contributed by atoms with van der Waals surface area (Å²) in [5.41, 5.74) is -1.41. The summed E-state index contributed by atoms with van der Waals surface area (Å²) in [4.78, 5) is 46.2. The minimum Gasteiger partial charge on any atom is -0.479 e. The lowest BCUT2D eigenvalue weighted by Crippen LogP contribution is -2.55. The number of ether oxygens (including phenoxy) is 1. The van der Waals surface area contributed by atoms with E-state index in [9.17, 15) is 32.7 Å². The van der Waals surface area contributed by atoms with Gasteiger partial charge in [0.2, 0.25) is 11.8 Å². The predicted molar refractivity (Wildman–Crippen MR) is 162 cm³/mol. The van der Waals surface area contributed by atoms with Gasteiger partial charge in [0.25, 0.3) is 5.19 Å². The van der Waals surface area contributed by atoms with Crippen LogP contribution in [0.4, 0.5) is 18.9 Å². The van der Waals surface area contributed by atoms with Crippen LogP contribution in [0.2, 0.25) is 0 Å². The van der Waals surface area contributed by atoms with Crippen LogP contribution in [0, 0.1) is 5.92 Å². The topological polar surface area (TPSA) is 121 Å². The minimum atomic E-state index is -4.55. The molecule has 0 unspecified atom stereocenters. The van der Waals surface area contributed by atoms with Gasteiger partial charge < -0.3 is 25.4 Å². The number of nitrogens with one attached hydrogen (secondary N) is 2. The first-order valence-electron chi connectivity index (χ1n) is 15.0. The zero-order chi connectivity index (χ0) is 31.8. The van der Waals surface area contributed by atoms with Crippen molar-refractivity contribution in [3.8, 4) is 5.19 Å². The molecule has 3 aliphatic rings. The fourth-order valence-corrected chi connectivity index (χ4v) is 7.06. The molecule has 2 amide bonds. The number of halogens is 3. The van der Waals surface area contributed by atoms with E-state index < -0.39 is 53.2 Å². The number of carbonyl (C=O) groups excluding carboxylic acids is 2. The van der Waals surface area contributed by atoms with Crippen LogP contribution < -0.4 is 15.4 Å². The lowest BCUT2D eigenvalue weighted by atomic mass is 10.0. The quantitative estimate of drug-likeness (QED) is 0.309. The van der Waals surface area contributed by atoms with Crippen molar-refractivity contribution < 1.29 is 37.4 Å². The molecule has 1 saturated heterocycles. The van der Waals surface area contributed by atoms with Gasteiger partial charge in [0, 0.05) is 18.0 Å². The van der Waals surface area contributed by atoms with E-state index in [0.717, 1.165) is 35.2 Å². The maximum atomic E-state index is 14.2. The van der Waals surface area contributed by atoms with Crippen LogP contribution in [-0.4, -0.2) is 63.0 Å². The number of carboxylic acid groups (broad SMARTS) is 1. The van der Waals surface area contributed by atoms with Crippen molar-refractivity contribution in [2.24, 2.45) is 5.92 Å². The zero-order valence-electron chi connectivity index (χ0n) is 24.3. The Bertz CT molecular complexity index is 1590. The van der Waals surface area contributed by atoms with E-state index in [2.05, 4.69) is 15.6 Å². The fourth-order valence-electron chi connectivity index (χ4n) is 6.18. The summed E-state index contributed by atoms with van der Waals surface area (Å²) in [5, 5.41) is 16.2. The molecule has 6 rings (SSSR count). The normalized spacial score (nSPS) is 28.3. The Morgan fingerprint density at radius 1 is 1.13 bits per heavy atom. The largest absolute Gasteiger partial charge is 0.479 e. The molecule has 1 saturated carbocycles. The zero-order valence-corrected chi connectivity index (χ0v) is 25.1. The number of carbonyl (C=O) groups is 3. The van der Waals surface area contributed by atoms with Crippen LogP contribution in [-0.2, 0) is 20.6 Å². The summed E-state index contributed by atoms with van der Waals surface area (Å²) in [5.74, 6) is -2.57. The Kier molecular flexibility index (Phi) is 8.47. The molecule has 0 bridgehead atoms. The standard InChI is InChI=1S/C32H33F3N4O5S/c33-32(34,35)19-10-8-11-21(15-19)36-24-13-5-3-1-2-4-9-20-17-31(20,29(42)43)38-27(40)25-16-22(18-39(25)28(24)41)44-30-37-23-12-6-7-14-26(23)45-30/h4,6-12,14-15,20,22,24-25,36H,1-3,5,13,16-18H2,(H,38,40)(H,42,43)/b9-4-/t20-,22+,24-,25-,31+/m0/s1. The lowest BCUT2D eigenvalue weighted by Gasteiger charge is -2.30. The highest BCUT2D eigenvalue weighted by Gasteiger charge is 2.61. The molecule has 5 atom stereocenters. The van der Waals surface area contributed by atoms with Gasteiger partial charge in [0.1, 0.15) is 23.7 Å². The SMILES string of the molecule is O=C1N[C@]2(C(=O)O)C[C@@H]2/C=C\CCCCC[C@H](Nc2cccc(C(F)(F)F)c2)C(=O)N2C[C@H](Oc3nc4ccccc4s3)C[C@@H]12. The molecular weight excluding hydrogens is 609 g/mol. The predicted octanol–water partition coefficient (Wildman–Crippen LogP) is 5.62. The molecule has 1 aromatic heterocycles. The van der Waals surface area contributed by atoms with Crippen molar-refractivity contribution in [3.05, 3.63) is 66.2 Å². The number of carboxylic acids is 1. The number of allylic oxidation sites excluding steroid dienone is 1. The van der Waals surface area contributed by atoms with Gasteiger partial charge in [-0.1, -0.05) is 54.5 Å². The van der Waals surface area contributed by atoms with Crippen LogP contribution in [0.25, 0.3) is 10.2 Å². The van der Waals surface area contributed by atoms with Crippen molar-refractivity contribution in [1.29, 1.82) is 0 Å². The first kappa shape index (κ1) is 30.9. The highest BCUT2D eigenvalue weighted by molar-refractivity contribution is 7.20. The fraction of sp³-hybridized carbons (Fsp3) is 0.438. The molecule has 9 nitrogen and oxygen atoms in total. The number of aliphatic carboxylic acids is 1. The average Bonchev–Trinajstić information content (AvgIpc) is 3.31. The van der Waals surface area contributed by atoms with Crippen LogP contribution in [0.5, 0.6) is 5.19 Å². The number of nitrogens with zero attached hydrogens (tertiary/aromatic N) is 2. The number of alkyl halides is 3. The third-order valence-corrected chi connectivity index (χ3v) is 9.62. The van der Waals surface area contributed by atoms with Crippen molar-refractivity contribution >= 4 is 45.0 Å². The number of aromatic nitrogens is 1. The Morgan fingerprint density at radius 3 is 2.73 bits per heavy atom. The van der Waals surface area contributed by atoms with E-state index in [1.807, 2.05) is 36.4 Å². The number of thiazole rings is 1. The molecular formula is C32H33F3N4O5S. The number of hydrogen-bond acceptors (Lipinski definition) is 7. The van der Waals surface area contributed by atoms with E-state index in [1.165, 1.54) is 28.4 Å². The van der Waals surface area contributed by atoms with Gasteiger partial charge in [-0.15, -0.1) is 0 Å². The second-order valence-electron chi connectivity index (χ2n) is 11.8. The smallest absolute Gasteiger partial charge is 0.416 e. The highest BCUT2D eigenvalue weighted by Crippen LogP contribution is 2.45. The van der Waals surface area contributed by atoms with Crippen molar-refractivity contribution in [2.75, 3.05) is 11.9 Å². The van der Waals surface area contributed by atoms with E-state index in [1.54, 1.807) is 0 Å². The lowest BCUT2D eigenvalue weighted by molar-refractivity contribution is -0.145. The number of amides is 2. The van der Waals surface area contributed by atoms with E-state index in [0.29, 0.717) is 24.5 Å². The Balaban J connectivity index is 1.30. The molecule has 13 heteroatoms. The first-order chi connectivity index (χ1) is 21.5. The minimum absolute atomic E-state index is 0.0248. The van der Waals surface area contributed by atoms with E-state index >= 15 is 0 Å². The average molecular weight is 643 g/mol. The second kappa shape index (κ2) is 12.3. The monoisotopic (exact) mass is 642 g/mol. The Labute approximate surface area is 261 Å². The summed E-state index contributed by atoms with van der Waals surface area (Å²) < 4.78 is 47.4. The third kappa shape index (κ3) is 6.63. The van der Waals surface area contributed by atoms with Gasteiger partial charge in [0.15, 0.2) is 0 Å². The number of anilines is 1. The summed E-state index contributed by atoms with van der Waals surface area (Å²) in [7, 11) is 0. The molecule has 0 radical (unpaired) electrons. The summed E-state index contributed by atoms with van der Waals surface area (Å²) in [6.45, 7) is 0.0248. The van der Waals surface area contributed by atoms with Gasteiger partial charge >= 0.3 is 12.1 Å². The van der Waals surface area contributed by atoms with Crippen molar-refractivity contribution in [2.45, 2.75) is 74.8 Å². The number of para-hydroxylation sites is 1. The number of rotatable bonds is 5. The molecule has 2 aliphatic heterocycles. The molecule has 3 heterocycles. The van der Waals surface area contributed by atoms with Gasteiger partial charge in [-0.2, -0.15) is 13.2 Å². The highest BCUT2D eigenvalue weighted by atomic mass is 32.1. The van der Waals surface area contributed by atoms with Crippen LogP contribution >= 0.6 is 11.3 Å². The van der Waals surface area contributed by atoms with Gasteiger partial charge in [-0.3, -0.25) is 9.59 Å². The molecule has 2 aromatic carbocycles. The molecule has 0 spiro atoms. The molecule has 238 valence electrons. The second-order valence-corrected chi connectivity index (χ2v) is 12.8. The maximum absolute atomic E-state index is 14.2. The number of benzene rings is 2. The van der Waals surface area contributed by atoms with Crippen LogP contribution in [0.15, 0.2) is 60.7 Å². The molecule has 2 fully saturated rings.